The fourth-order valence-corrected chi connectivity index (χ4v) is 1.56. The molecule has 0 rings (SSSR count). The highest BCUT2D eigenvalue weighted by Gasteiger charge is 1.91. The molecule has 0 aromatic heterocycles. The Balaban J connectivity index is 3.16. The van der Waals surface area contributed by atoms with Gasteiger partial charge in [0.2, 0.25) is 0 Å². The van der Waals surface area contributed by atoms with E-state index in [-0.39, 0.29) is 0 Å². The second-order valence-electron chi connectivity index (χ2n) is 3.25. The minimum absolute atomic E-state index is 0.295. The van der Waals surface area contributed by atoms with E-state index < -0.39 is 0 Å². The Hall–Kier alpha value is -0.240. The van der Waals surface area contributed by atoms with Gasteiger partial charge in [-0.2, -0.15) is 0 Å². The van der Waals surface area contributed by atoms with Gasteiger partial charge in [-0.3, -0.25) is 0 Å². The van der Waals surface area contributed by atoms with E-state index in [2.05, 4.69) is 25.3 Å². The van der Waals surface area contributed by atoms with Crippen molar-refractivity contribution in [2.45, 2.75) is 33.6 Å². The fourth-order valence-electron chi connectivity index (χ4n) is 0.685. The summed E-state index contributed by atoms with van der Waals surface area (Å²) in [6, 6.07) is 0. The standard InChI is InChI=1S/C10H18OS/c1-9(2)6-8-12-7-4-5-10(3)11/h6,8-9H,4-5,7H2,1-3H3/b8-6-. The highest BCUT2D eigenvalue weighted by atomic mass is 32.2. The molecule has 0 aromatic rings. The lowest BCUT2D eigenvalue weighted by molar-refractivity contribution is -0.117. The van der Waals surface area contributed by atoms with Crippen molar-refractivity contribution < 1.29 is 4.79 Å². The second-order valence-corrected chi connectivity index (χ2v) is 4.26. The Morgan fingerprint density at radius 3 is 2.67 bits per heavy atom. The first-order chi connectivity index (χ1) is 5.63. The summed E-state index contributed by atoms with van der Waals surface area (Å²) in [6.07, 6.45) is 3.91. The van der Waals surface area contributed by atoms with Crippen LogP contribution in [0.1, 0.15) is 33.6 Å². The Morgan fingerprint density at radius 2 is 2.17 bits per heavy atom. The summed E-state index contributed by atoms with van der Waals surface area (Å²) in [6.45, 7) is 5.97. The summed E-state index contributed by atoms with van der Waals surface area (Å²) in [5.41, 5.74) is 0. The quantitative estimate of drug-likeness (QED) is 0.592. The zero-order chi connectivity index (χ0) is 9.40. The predicted molar refractivity (Wildman–Crippen MR) is 56.4 cm³/mol. The molecule has 0 heterocycles. The number of rotatable bonds is 6. The van der Waals surface area contributed by atoms with Crippen molar-refractivity contribution in [2.24, 2.45) is 5.92 Å². The van der Waals surface area contributed by atoms with Crippen molar-refractivity contribution in [3.63, 3.8) is 0 Å². The molecule has 0 aromatic carbocycles. The third kappa shape index (κ3) is 9.76. The van der Waals surface area contributed by atoms with Gasteiger partial charge in [-0.05, 0) is 30.4 Å². The molecule has 0 unspecified atom stereocenters. The lowest BCUT2D eigenvalue weighted by Gasteiger charge is -1.95. The summed E-state index contributed by atoms with van der Waals surface area (Å²) >= 11 is 1.79. The van der Waals surface area contributed by atoms with Crippen LogP contribution in [0, 0.1) is 5.92 Å². The SMILES string of the molecule is CC(=O)CCCS/C=C\C(C)C. The molecule has 2 heteroatoms. The van der Waals surface area contributed by atoms with E-state index in [1.165, 1.54) is 0 Å². The molecule has 70 valence electrons. The topological polar surface area (TPSA) is 17.1 Å². The van der Waals surface area contributed by atoms with Gasteiger partial charge >= 0.3 is 0 Å². The van der Waals surface area contributed by atoms with Crippen molar-refractivity contribution >= 4 is 17.5 Å². The molecule has 0 spiro atoms. The maximum atomic E-state index is 10.6. The number of carbonyl (C=O) groups is 1. The third-order valence-electron chi connectivity index (χ3n) is 1.35. The van der Waals surface area contributed by atoms with Crippen LogP contribution in [-0.4, -0.2) is 11.5 Å². The first-order valence-corrected chi connectivity index (χ1v) is 5.45. The van der Waals surface area contributed by atoms with Gasteiger partial charge in [0.25, 0.3) is 0 Å². The van der Waals surface area contributed by atoms with E-state index in [4.69, 9.17) is 0 Å². The Bertz CT molecular complexity index is 150. The third-order valence-corrected chi connectivity index (χ3v) is 2.22. The predicted octanol–water partition coefficient (Wildman–Crippen LogP) is 3.26. The van der Waals surface area contributed by atoms with Gasteiger partial charge in [0.05, 0.1) is 0 Å². The van der Waals surface area contributed by atoms with Crippen molar-refractivity contribution in [3.05, 3.63) is 11.5 Å². The zero-order valence-corrected chi connectivity index (χ0v) is 8.99. The molecule has 0 saturated heterocycles. The monoisotopic (exact) mass is 186 g/mol. The number of thioether (sulfide) groups is 1. The largest absolute Gasteiger partial charge is 0.300 e. The van der Waals surface area contributed by atoms with Gasteiger partial charge in [0.1, 0.15) is 5.78 Å². The molecular weight excluding hydrogens is 168 g/mol. The normalized spacial score (nSPS) is 11.3. The summed E-state index contributed by atoms with van der Waals surface area (Å²) in [7, 11) is 0. The molecule has 12 heavy (non-hydrogen) atoms. The summed E-state index contributed by atoms with van der Waals surface area (Å²) in [4.78, 5) is 10.6. The van der Waals surface area contributed by atoms with E-state index >= 15 is 0 Å². The molecule has 0 radical (unpaired) electrons. The average Bonchev–Trinajstić information content (AvgIpc) is 1.95. The van der Waals surface area contributed by atoms with Crippen LogP contribution in [0.15, 0.2) is 11.5 Å². The first-order valence-electron chi connectivity index (χ1n) is 4.40. The highest BCUT2D eigenvalue weighted by Crippen LogP contribution is 2.08. The minimum Gasteiger partial charge on any atom is -0.300 e. The number of hydrogen-bond acceptors (Lipinski definition) is 2. The molecule has 1 nitrogen and oxygen atoms in total. The van der Waals surface area contributed by atoms with Crippen LogP contribution >= 0.6 is 11.8 Å². The molecule has 0 saturated carbocycles. The molecule has 0 aliphatic heterocycles. The van der Waals surface area contributed by atoms with E-state index in [1.54, 1.807) is 18.7 Å². The minimum atomic E-state index is 0.295. The van der Waals surface area contributed by atoms with E-state index in [9.17, 15) is 4.79 Å². The summed E-state index contributed by atoms with van der Waals surface area (Å²) in [5.74, 6) is 1.98. The second kappa shape index (κ2) is 7.41. The van der Waals surface area contributed by atoms with Gasteiger partial charge in [-0.1, -0.05) is 19.9 Å². The van der Waals surface area contributed by atoms with Gasteiger partial charge in [-0.15, -0.1) is 11.8 Å². The van der Waals surface area contributed by atoms with Gasteiger partial charge in [0, 0.05) is 6.42 Å². The van der Waals surface area contributed by atoms with Crippen LogP contribution in [0.5, 0.6) is 0 Å². The Kier molecular flexibility index (Phi) is 7.26. The number of carbonyl (C=O) groups excluding carboxylic acids is 1. The van der Waals surface area contributed by atoms with Crippen LogP contribution in [-0.2, 0) is 4.79 Å². The Labute approximate surface area is 79.6 Å². The molecule has 0 N–H and O–H groups in total. The number of hydrogen-bond donors (Lipinski definition) is 0. The van der Waals surface area contributed by atoms with Crippen molar-refractivity contribution in [1.29, 1.82) is 0 Å². The Morgan fingerprint density at radius 1 is 1.50 bits per heavy atom. The molecule has 0 fully saturated rings. The average molecular weight is 186 g/mol. The number of ketones is 1. The summed E-state index contributed by atoms with van der Waals surface area (Å²) < 4.78 is 0. The molecular formula is C10H18OS. The fraction of sp³-hybridized carbons (Fsp3) is 0.700. The van der Waals surface area contributed by atoms with Gasteiger partial charge in [0.15, 0.2) is 0 Å². The van der Waals surface area contributed by atoms with Crippen molar-refractivity contribution in [2.75, 3.05) is 5.75 Å². The van der Waals surface area contributed by atoms with Crippen LogP contribution in [0.3, 0.4) is 0 Å². The van der Waals surface area contributed by atoms with Crippen molar-refractivity contribution in [1.82, 2.24) is 0 Å². The lowest BCUT2D eigenvalue weighted by Crippen LogP contribution is -1.89. The van der Waals surface area contributed by atoms with Crippen LogP contribution in [0.25, 0.3) is 0 Å². The maximum Gasteiger partial charge on any atom is 0.129 e. The molecule has 0 bridgehead atoms. The van der Waals surface area contributed by atoms with E-state index in [0.29, 0.717) is 11.7 Å². The van der Waals surface area contributed by atoms with Crippen LogP contribution < -0.4 is 0 Å². The van der Waals surface area contributed by atoms with Gasteiger partial charge in [-0.25, -0.2) is 0 Å². The molecule has 0 aliphatic carbocycles. The zero-order valence-electron chi connectivity index (χ0n) is 8.17. The van der Waals surface area contributed by atoms with Gasteiger partial charge < -0.3 is 4.79 Å². The molecule has 0 atom stereocenters. The van der Waals surface area contributed by atoms with E-state index in [1.807, 2.05) is 0 Å². The van der Waals surface area contributed by atoms with Crippen molar-refractivity contribution in [3.8, 4) is 0 Å². The molecule has 0 aliphatic rings. The van der Waals surface area contributed by atoms with E-state index in [0.717, 1.165) is 18.6 Å². The number of Topliss-reactive ketones (excluding diaryl/α,β-unsaturated/α-hetero) is 1. The first kappa shape index (κ1) is 11.8. The molecule has 0 amide bonds. The maximum absolute atomic E-state index is 10.6. The van der Waals surface area contributed by atoms with Crippen LogP contribution in [0.2, 0.25) is 0 Å². The number of allylic oxidation sites excluding steroid dienone is 1. The lowest BCUT2D eigenvalue weighted by atomic mass is 10.2. The van der Waals surface area contributed by atoms with Crippen LogP contribution in [0.4, 0.5) is 0 Å². The smallest absolute Gasteiger partial charge is 0.129 e. The summed E-state index contributed by atoms with van der Waals surface area (Å²) in [5, 5.41) is 2.13. The highest BCUT2D eigenvalue weighted by molar-refractivity contribution is 8.02.